The topological polar surface area (TPSA) is 49.4 Å². The average molecular weight is 264 g/mol. The van der Waals surface area contributed by atoms with Crippen LogP contribution in [-0.2, 0) is 9.59 Å². The van der Waals surface area contributed by atoms with Gasteiger partial charge in [-0.3, -0.25) is 9.59 Å². The van der Waals surface area contributed by atoms with E-state index in [9.17, 15) is 9.59 Å². The fourth-order valence-corrected chi connectivity index (χ4v) is 3.87. The SMILES string of the molecule is O=C(NC1CCCC1)[C@H]1CC(=O)N(C2CCCC2)C1. The Balaban J connectivity index is 1.54. The minimum atomic E-state index is -0.103. The second kappa shape index (κ2) is 5.51. The van der Waals surface area contributed by atoms with Crippen molar-refractivity contribution in [1.29, 1.82) is 0 Å². The summed E-state index contributed by atoms with van der Waals surface area (Å²) in [6.45, 7) is 0.655. The fourth-order valence-electron chi connectivity index (χ4n) is 3.87. The van der Waals surface area contributed by atoms with Gasteiger partial charge in [0.1, 0.15) is 0 Å². The van der Waals surface area contributed by atoms with Gasteiger partial charge in [-0.1, -0.05) is 25.7 Å². The van der Waals surface area contributed by atoms with Gasteiger partial charge in [-0.25, -0.2) is 0 Å². The number of nitrogens with zero attached hydrogens (tertiary/aromatic N) is 1. The highest BCUT2D eigenvalue weighted by molar-refractivity contribution is 5.89. The summed E-state index contributed by atoms with van der Waals surface area (Å²) < 4.78 is 0. The van der Waals surface area contributed by atoms with E-state index in [0.717, 1.165) is 25.7 Å². The van der Waals surface area contributed by atoms with Crippen molar-refractivity contribution in [2.75, 3.05) is 6.54 Å². The highest BCUT2D eigenvalue weighted by atomic mass is 16.2. The summed E-state index contributed by atoms with van der Waals surface area (Å²) in [7, 11) is 0. The van der Waals surface area contributed by atoms with Crippen molar-refractivity contribution < 1.29 is 9.59 Å². The lowest BCUT2D eigenvalue weighted by molar-refractivity contribution is -0.130. The monoisotopic (exact) mass is 264 g/mol. The molecule has 1 aliphatic heterocycles. The first-order valence-corrected chi connectivity index (χ1v) is 7.84. The van der Waals surface area contributed by atoms with Gasteiger partial charge >= 0.3 is 0 Å². The maximum atomic E-state index is 12.2. The third kappa shape index (κ3) is 2.77. The van der Waals surface area contributed by atoms with Crippen LogP contribution in [0, 0.1) is 5.92 Å². The highest BCUT2D eigenvalue weighted by Crippen LogP contribution is 2.29. The normalized spacial score (nSPS) is 29.4. The zero-order valence-corrected chi connectivity index (χ0v) is 11.6. The van der Waals surface area contributed by atoms with Gasteiger partial charge < -0.3 is 10.2 Å². The van der Waals surface area contributed by atoms with E-state index >= 15 is 0 Å². The third-order valence-corrected chi connectivity index (χ3v) is 5.00. The third-order valence-electron chi connectivity index (χ3n) is 5.00. The van der Waals surface area contributed by atoms with Gasteiger partial charge in [-0.2, -0.15) is 0 Å². The molecule has 1 heterocycles. The van der Waals surface area contributed by atoms with Crippen LogP contribution < -0.4 is 5.32 Å². The van der Waals surface area contributed by atoms with Crippen LogP contribution in [0.2, 0.25) is 0 Å². The van der Waals surface area contributed by atoms with Crippen molar-refractivity contribution in [3.05, 3.63) is 0 Å². The molecule has 3 fully saturated rings. The number of hydrogen-bond donors (Lipinski definition) is 1. The first-order chi connectivity index (χ1) is 9.24. The molecule has 1 atom stereocenters. The molecular formula is C15H24N2O2. The van der Waals surface area contributed by atoms with Crippen LogP contribution in [0.5, 0.6) is 0 Å². The highest BCUT2D eigenvalue weighted by Gasteiger charge is 2.39. The fraction of sp³-hybridized carbons (Fsp3) is 0.867. The predicted molar refractivity (Wildman–Crippen MR) is 72.5 cm³/mol. The van der Waals surface area contributed by atoms with Crippen molar-refractivity contribution in [2.45, 2.75) is 69.9 Å². The summed E-state index contributed by atoms with van der Waals surface area (Å²) >= 11 is 0. The summed E-state index contributed by atoms with van der Waals surface area (Å²) in [6.07, 6.45) is 9.81. The molecule has 4 heteroatoms. The Labute approximate surface area is 114 Å². The van der Waals surface area contributed by atoms with Crippen molar-refractivity contribution in [2.24, 2.45) is 5.92 Å². The summed E-state index contributed by atoms with van der Waals surface area (Å²) in [5, 5.41) is 3.13. The molecule has 0 bridgehead atoms. The Bertz CT molecular complexity index is 357. The van der Waals surface area contributed by atoms with E-state index in [-0.39, 0.29) is 17.7 Å². The average Bonchev–Trinajstić information content (AvgIpc) is 3.07. The minimum Gasteiger partial charge on any atom is -0.353 e. The van der Waals surface area contributed by atoms with Crippen LogP contribution in [0.15, 0.2) is 0 Å². The number of rotatable bonds is 3. The molecule has 2 saturated carbocycles. The van der Waals surface area contributed by atoms with Gasteiger partial charge in [0.05, 0.1) is 5.92 Å². The second-order valence-corrected chi connectivity index (χ2v) is 6.38. The summed E-state index contributed by atoms with van der Waals surface area (Å²) in [4.78, 5) is 26.3. The Morgan fingerprint density at radius 3 is 2.37 bits per heavy atom. The second-order valence-electron chi connectivity index (χ2n) is 6.38. The van der Waals surface area contributed by atoms with E-state index in [1.54, 1.807) is 0 Å². The van der Waals surface area contributed by atoms with Crippen LogP contribution in [-0.4, -0.2) is 35.3 Å². The van der Waals surface area contributed by atoms with Gasteiger partial charge in [-0.15, -0.1) is 0 Å². The largest absolute Gasteiger partial charge is 0.353 e. The zero-order valence-electron chi connectivity index (χ0n) is 11.6. The quantitative estimate of drug-likeness (QED) is 0.845. The van der Waals surface area contributed by atoms with E-state index in [1.807, 2.05) is 4.90 Å². The number of carbonyl (C=O) groups excluding carboxylic acids is 2. The predicted octanol–water partition coefficient (Wildman–Crippen LogP) is 1.84. The molecule has 2 aliphatic carbocycles. The van der Waals surface area contributed by atoms with Crippen LogP contribution >= 0.6 is 0 Å². The van der Waals surface area contributed by atoms with Gasteiger partial charge in [-0.05, 0) is 25.7 Å². The molecule has 19 heavy (non-hydrogen) atoms. The van der Waals surface area contributed by atoms with Crippen molar-refractivity contribution in [3.63, 3.8) is 0 Å². The zero-order chi connectivity index (χ0) is 13.2. The number of nitrogens with one attached hydrogen (secondary N) is 1. The molecule has 4 nitrogen and oxygen atoms in total. The molecule has 3 aliphatic rings. The molecule has 0 unspecified atom stereocenters. The van der Waals surface area contributed by atoms with Gasteiger partial charge in [0.15, 0.2) is 0 Å². The maximum Gasteiger partial charge on any atom is 0.225 e. The van der Waals surface area contributed by atoms with Crippen molar-refractivity contribution >= 4 is 11.8 Å². The lowest BCUT2D eigenvalue weighted by Crippen LogP contribution is -2.39. The molecule has 0 aromatic heterocycles. The van der Waals surface area contributed by atoms with Crippen LogP contribution in [0.3, 0.4) is 0 Å². The number of carbonyl (C=O) groups is 2. The van der Waals surface area contributed by atoms with Gasteiger partial charge in [0, 0.05) is 25.0 Å². The number of likely N-dealkylation sites (tertiary alicyclic amines) is 1. The molecule has 0 radical (unpaired) electrons. The first kappa shape index (κ1) is 12.9. The summed E-state index contributed by atoms with van der Waals surface area (Å²) in [5.41, 5.74) is 0. The maximum absolute atomic E-state index is 12.2. The molecule has 1 saturated heterocycles. The lowest BCUT2D eigenvalue weighted by atomic mass is 10.1. The van der Waals surface area contributed by atoms with Crippen LogP contribution in [0.1, 0.15) is 57.8 Å². The van der Waals surface area contributed by atoms with Crippen molar-refractivity contribution in [3.8, 4) is 0 Å². The smallest absolute Gasteiger partial charge is 0.225 e. The minimum absolute atomic E-state index is 0.103. The Kier molecular flexibility index (Phi) is 3.76. The molecule has 3 rings (SSSR count). The lowest BCUT2D eigenvalue weighted by Gasteiger charge is -2.24. The van der Waals surface area contributed by atoms with E-state index in [1.165, 1.54) is 25.7 Å². The number of hydrogen-bond acceptors (Lipinski definition) is 2. The first-order valence-electron chi connectivity index (χ1n) is 7.84. The Morgan fingerprint density at radius 1 is 1.05 bits per heavy atom. The van der Waals surface area contributed by atoms with Crippen LogP contribution in [0.4, 0.5) is 0 Å². The van der Waals surface area contributed by atoms with E-state index in [2.05, 4.69) is 5.32 Å². The van der Waals surface area contributed by atoms with Crippen molar-refractivity contribution in [1.82, 2.24) is 10.2 Å². The molecule has 106 valence electrons. The molecule has 0 aromatic rings. The molecule has 1 N–H and O–H groups in total. The summed E-state index contributed by atoms with van der Waals surface area (Å²) in [6, 6.07) is 0.778. The molecular weight excluding hydrogens is 240 g/mol. The van der Waals surface area contributed by atoms with E-state index in [4.69, 9.17) is 0 Å². The Morgan fingerprint density at radius 2 is 1.68 bits per heavy atom. The van der Waals surface area contributed by atoms with Gasteiger partial charge in [0.2, 0.25) is 11.8 Å². The standard InChI is InChI=1S/C15H24N2O2/c18-14-9-11(10-17(14)13-7-3-4-8-13)15(19)16-12-5-1-2-6-12/h11-13H,1-10H2,(H,16,19)/t11-/m0/s1. The van der Waals surface area contributed by atoms with E-state index < -0.39 is 0 Å². The van der Waals surface area contributed by atoms with Crippen LogP contribution in [0.25, 0.3) is 0 Å². The Hall–Kier alpha value is -1.06. The molecule has 0 spiro atoms. The van der Waals surface area contributed by atoms with E-state index in [0.29, 0.717) is 25.0 Å². The van der Waals surface area contributed by atoms with Gasteiger partial charge in [0.25, 0.3) is 0 Å². The molecule has 0 aromatic carbocycles. The molecule has 2 amide bonds. The summed E-state index contributed by atoms with van der Waals surface area (Å²) in [5.74, 6) is 0.202. The number of amides is 2.